The first-order chi connectivity index (χ1) is 25.9. The lowest BCUT2D eigenvalue weighted by atomic mass is 9.93. The van der Waals surface area contributed by atoms with Gasteiger partial charge in [-0.15, -0.1) is 0 Å². The zero-order chi connectivity index (χ0) is 42.2. The van der Waals surface area contributed by atoms with E-state index >= 15 is 0 Å². The van der Waals surface area contributed by atoms with Crippen molar-refractivity contribution < 1.29 is 90.7 Å². The van der Waals surface area contributed by atoms with Crippen molar-refractivity contribution in [2.45, 2.75) is 87.7 Å². The lowest BCUT2D eigenvalue weighted by molar-refractivity contribution is -0.440. The van der Waals surface area contributed by atoms with Crippen LogP contribution in [0.2, 0.25) is 0 Å². The zero-order valence-corrected chi connectivity index (χ0v) is 29.0. The zero-order valence-electron chi connectivity index (χ0n) is 29.0. The molecular weight excluding hydrogens is 791 g/mol. The summed E-state index contributed by atoms with van der Waals surface area (Å²) in [6.07, 6.45) is -3.50. The molecule has 56 heavy (non-hydrogen) atoms. The molecule has 0 aliphatic carbocycles. The van der Waals surface area contributed by atoms with E-state index in [0.29, 0.717) is 12.4 Å². The Morgan fingerprint density at radius 3 is 1.55 bits per heavy atom. The van der Waals surface area contributed by atoms with Crippen LogP contribution < -0.4 is 18.9 Å². The van der Waals surface area contributed by atoms with Crippen LogP contribution in [0, 0.1) is 0 Å². The lowest BCUT2D eigenvalue weighted by Gasteiger charge is -2.39. The molecule has 3 aromatic carbocycles. The number of phenols is 1. The molecule has 0 amide bonds. The number of aromatic hydroxyl groups is 1. The maximum atomic E-state index is 14.0. The van der Waals surface area contributed by atoms with Crippen LogP contribution in [0.25, 0.3) is 0 Å². The first-order valence-corrected chi connectivity index (χ1v) is 16.6. The number of alkyl halides is 13. The van der Waals surface area contributed by atoms with Crippen LogP contribution in [0.3, 0.4) is 0 Å². The number of rotatable bonds is 20. The average Bonchev–Trinajstić information content (AvgIpc) is 3.11. The Kier molecular flexibility index (Phi) is 14.5. The van der Waals surface area contributed by atoms with Crippen LogP contribution in [-0.4, -0.2) is 66.0 Å². The number of benzene rings is 3. The van der Waals surface area contributed by atoms with Gasteiger partial charge in [-0.25, -0.2) is 9.59 Å². The Morgan fingerprint density at radius 2 is 1.00 bits per heavy atom. The summed E-state index contributed by atoms with van der Waals surface area (Å²) in [4.78, 5) is 25.2. The summed E-state index contributed by atoms with van der Waals surface area (Å²) in [6, 6.07) is 12.7. The fourth-order valence-electron chi connectivity index (χ4n) is 4.70. The van der Waals surface area contributed by atoms with Gasteiger partial charge in [-0.2, -0.15) is 57.1 Å². The van der Waals surface area contributed by atoms with Gasteiger partial charge in [0, 0.05) is 6.07 Å². The Bertz CT molecular complexity index is 1760. The predicted octanol–water partition coefficient (Wildman–Crippen LogP) is 11.1. The number of ether oxygens (including phenoxy) is 4. The summed E-state index contributed by atoms with van der Waals surface area (Å²) >= 11 is 0. The second-order valence-electron chi connectivity index (χ2n) is 12.2. The number of hydrogen-bond acceptors (Lipinski definition) is 7. The van der Waals surface area contributed by atoms with Crippen molar-refractivity contribution in [1.82, 2.24) is 0 Å². The summed E-state index contributed by atoms with van der Waals surface area (Å²) in [6.45, 7) is 0.971. The highest BCUT2D eigenvalue weighted by Gasteiger charge is 2.90. The van der Waals surface area contributed by atoms with E-state index in [4.69, 9.17) is 14.2 Å². The molecule has 1 N–H and O–H groups in total. The molecule has 0 heterocycles. The molecule has 0 aliphatic heterocycles. The summed E-state index contributed by atoms with van der Waals surface area (Å²) in [7, 11) is 0. The van der Waals surface area contributed by atoms with E-state index in [0.717, 1.165) is 68.1 Å². The van der Waals surface area contributed by atoms with Crippen molar-refractivity contribution in [2.75, 3.05) is 13.2 Å². The van der Waals surface area contributed by atoms with Crippen LogP contribution >= 0.6 is 0 Å². The molecule has 0 spiro atoms. The molecule has 310 valence electrons. The largest absolute Gasteiger partial charge is 0.507 e. The first kappa shape index (κ1) is 45.5. The maximum Gasteiger partial charge on any atom is 0.460 e. The van der Waals surface area contributed by atoms with E-state index in [1.807, 2.05) is 0 Å². The van der Waals surface area contributed by atoms with Gasteiger partial charge in [-0.1, -0.05) is 39.0 Å². The Morgan fingerprint density at radius 1 is 0.536 bits per heavy atom. The number of carbonyl (C=O) groups is 2. The molecule has 0 saturated heterocycles. The number of phenolic OH excluding ortho intramolecular Hbond substituents is 1. The fraction of sp³-hybridized carbons (Fsp3) is 0.444. The molecule has 0 aliphatic rings. The summed E-state index contributed by atoms with van der Waals surface area (Å²) in [5.74, 6) is -40.3. The monoisotopic (exact) mass is 824 g/mol. The predicted molar refractivity (Wildman–Crippen MR) is 171 cm³/mol. The van der Waals surface area contributed by atoms with Crippen molar-refractivity contribution in [3.05, 3.63) is 77.9 Å². The maximum absolute atomic E-state index is 14.0. The number of esters is 2. The van der Waals surface area contributed by atoms with Crippen molar-refractivity contribution in [2.24, 2.45) is 0 Å². The molecule has 0 atom stereocenters. The van der Waals surface area contributed by atoms with Gasteiger partial charge in [0.2, 0.25) is 0 Å². The third kappa shape index (κ3) is 10.3. The second-order valence-corrected chi connectivity index (χ2v) is 12.2. The van der Waals surface area contributed by atoms with Gasteiger partial charge < -0.3 is 24.1 Å². The lowest BCUT2D eigenvalue weighted by Crippen LogP contribution is -2.70. The topological polar surface area (TPSA) is 91.3 Å². The molecule has 0 unspecified atom stereocenters. The second kappa shape index (κ2) is 17.9. The minimum Gasteiger partial charge on any atom is -0.507 e. The van der Waals surface area contributed by atoms with Crippen LogP contribution in [-0.2, 0) is 0 Å². The average molecular weight is 825 g/mol. The summed E-state index contributed by atoms with van der Waals surface area (Å²) in [5.41, 5.74) is -0.598. The third-order valence-corrected chi connectivity index (χ3v) is 7.97. The standard InChI is InChI=1S/C36H33F13O7/c1-2-3-4-5-6-7-19-53-24-12-14-25(15-13-24)55-30(52)27-17-16-26(21-28(27)50)56-29(51)22-8-10-23(11-9-22)54-20-18-31(37,38)32(39,40)33(41,42)34(43,44)35(45,46)36(47,48)49/h8-17,21,50H,2-7,18-20H2,1H3. The van der Waals surface area contributed by atoms with Crippen LogP contribution in [0.1, 0.15) is 72.6 Å². The van der Waals surface area contributed by atoms with Gasteiger partial charge in [-0.3, -0.25) is 0 Å². The SMILES string of the molecule is CCCCCCCCOc1ccc(OC(=O)c2ccc(OC(=O)c3ccc(OCCC(F)(F)C(F)(F)C(F)(F)C(F)(F)C(F)(F)C(F)(F)F)cc3)cc2O)cc1. The molecule has 3 rings (SSSR count). The van der Waals surface area contributed by atoms with Crippen molar-refractivity contribution in [3.63, 3.8) is 0 Å². The van der Waals surface area contributed by atoms with Gasteiger partial charge in [-0.05, 0) is 67.1 Å². The van der Waals surface area contributed by atoms with Gasteiger partial charge in [0.15, 0.2) is 0 Å². The number of hydrogen-bond donors (Lipinski definition) is 1. The number of halogens is 13. The van der Waals surface area contributed by atoms with Crippen LogP contribution in [0.5, 0.6) is 28.7 Å². The summed E-state index contributed by atoms with van der Waals surface area (Å²) in [5, 5.41) is 10.3. The van der Waals surface area contributed by atoms with E-state index in [9.17, 15) is 71.8 Å². The van der Waals surface area contributed by atoms with Crippen LogP contribution in [0.4, 0.5) is 57.1 Å². The molecule has 0 fully saturated rings. The highest BCUT2D eigenvalue weighted by molar-refractivity contribution is 5.95. The molecule has 20 heteroatoms. The minimum atomic E-state index is -8.00. The highest BCUT2D eigenvalue weighted by atomic mass is 19.4. The molecule has 0 radical (unpaired) electrons. The van der Waals surface area contributed by atoms with Crippen molar-refractivity contribution in [3.8, 4) is 28.7 Å². The number of unbranched alkanes of at least 4 members (excludes halogenated alkanes) is 5. The normalized spacial score (nSPS) is 13.0. The van der Waals surface area contributed by atoms with Crippen LogP contribution in [0.15, 0.2) is 66.7 Å². The third-order valence-electron chi connectivity index (χ3n) is 7.97. The first-order valence-electron chi connectivity index (χ1n) is 16.6. The Hall–Kier alpha value is -4.91. The molecule has 3 aromatic rings. The molecule has 0 aromatic heterocycles. The van der Waals surface area contributed by atoms with Gasteiger partial charge in [0.1, 0.15) is 34.3 Å². The van der Waals surface area contributed by atoms with E-state index in [1.165, 1.54) is 25.0 Å². The molecular formula is C36H33F13O7. The van der Waals surface area contributed by atoms with E-state index in [1.54, 1.807) is 12.1 Å². The van der Waals surface area contributed by atoms with Gasteiger partial charge >= 0.3 is 47.7 Å². The molecule has 0 bridgehead atoms. The van der Waals surface area contributed by atoms with E-state index < -0.39 is 72.3 Å². The highest BCUT2D eigenvalue weighted by Crippen LogP contribution is 2.60. The minimum absolute atomic E-state index is 0.134. The van der Waals surface area contributed by atoms with E-state index in [-0.39, 0.29) is 22.6 Å². The quantitative estimate of drug-likeness (QED) is 0.0525. The molecule has 0 saturated carbocycles. The Labute approximate surface area is 310 Å². The Balaban J connectivity index is 1.53. The smallest absolute Gasteiger partial charge is 0.460 e. The van der Waals surface area contributed by atoms with Gasteiger partial charge in [0.25, 0.3) is 0 Å². The number of carbonyl (C=O) groups excluding carboxylic acids is 2. The van der Waals surface area contributed by atoms with Crippen molar-refractivity contribution in [1.29, 1.82) is 0 Å². The summed E-state index contributed by atoms with van der Waals surface area (Å²) < 4.78 is 193. The van der Waals surface area contributed by atoms with Crippen molar-refractivity contribution >= 4 is 11.9 Å². The molecule has 7 nitrogen and oxygen atoms in total. The van der Waals surface area contributed by atoms with Gasteiger partial charge in [0.05, 0.1) is 25.2 Å². The fourth-order valence-corrected chi connectivity index (χ4v) is 4.70. The van der Waals surface area contributed by atoms with E-state index in [2.05, 4.69) is 11.7 Å².